The summed E-state index contributed by atoms with van der Waals surface area (Å²) in [7, 11) is 0. The van der Waals surface area contributed by atoms with E-state index in [0.717, 1.165) is 43.1 Å². The van der Waals surface area contributed by atoms with Crippen molar-refractivity contribution in [2.45, 2.75) is 38.5 Å². The lowest BCUT2D eigenvalue weighted by atomic mass is 10.1. The van der Waals surface area contributed by atoms with Crippen LogP contribution in [-0.2, 0) is 17.6 Å². The molecule has 0 heterocycles. The molecule has 0 saturated carbocycles. The summed E-state index contributed by atoms with van der Waals surface area (Å²) in [4.78, 5) is 34.7. The number of unbranched alkanes of at least 4 members (excludes halogenated alkanes) is 2. The van der Waals surface area contributed by atoms with Crippen LogP contribution in [0, 0.1) is 0 Å². The fraction of sp³-hybridized carbons (Fsp3) is 0.250. The van der Waals surface area contributed by atoms with E-state index in [1.165, 1.54) is 17.7 Å². The molecule has 0 bridgehead atoms. The zero-order chi connectivity index (χ0) is 25.0. The van der Waals surface area contributed by atoms with E-state index in [9.17, 15) is 19.5 Å². The average molecular weight is 476 g/mol. The van der Waals surface area contributed by atoms with Crippen LogP contribution >= 0.6 is 0 Å². The molecule has 7 nitrogen and oxygen atoms in total. The van der Waals surface area contributed by atoms with E-state index in [-0.39, 0.29) is 29.1 Å². The number of carbonyl (C=O) groups is 3. The number of nitrogens with one attached hydrogen (secondary N) is 1. The second-order valence-corrected chi connectivity index (χ2v) is 8.21. The number of carboxylic acid groups (broad SMARTS) is 2. The minimum atomic E-state index is -1.37. The normalized spacial score (nSPS) is 10.5. The first-order valence-electron chi connectivity index (χ1n) is 11.6. The van der Waals surface area contributed by atoms with E-state index in [0.29, 0.717) is 13.0 Å². The molecule has 0 aliphatic heterocycles. The third-order valence-electron chi connectivity index (χ3n) is 5.55. The average Bonchev–Trinajstić information content (AvgIpc) is 2.86. The summed E-state index contributed by atoms with van der Waals surface area (Å²) in [6, 6.07) is 21.8. The molecule has 1 amide bonds. The summed E-state index contributed by atoms with van der Waals surface area (Å²) in [5.41, 5.74) is 1.87. The number of benzene rings is 3. The first kappa shape index (κ1) is 25.5. The summed E-state index contributed by atoms with van der Waals surface area (Å²) in [6.07, 6.45) is 5.02. The highest BCUT2D eigenvalue weighted by molar-refractivity contribution is 6.03. The third-order valence-corrected chi connectivity index (χ3v) is 5.55. The van der Waals surface area contributed by atoms with Crippen LogP contribution in [0.3, 0.4) is 0 Å². The predicted molar refractivity (Wildman–Crippen MR) is 133 cm³/mol. The number of aromatic carboxylic acids is 2. The topological polar surface area (TPSA) is 113 Å². The lowest BCUT2D eigenvalue weighted by Crippen LogP contribution is -2.14. The zero-order valence-corrected chi connectivity index (χ0v) is 19.4. The second-order valence-electron chi connectivity index (χ2n) is 8.21. The Balaban J connectivity index is 1.37. The van der Waals surface area contributed by atoms with Gasteiger partial charge in [0, 0.05) is 12.1 Å². The Hall–Kier alpha value is -4.13. The molecule has 182 valence electrons. The highest BCUT2D eigenvalue weighted by atomic mass is 16.5. The van der Waals surface area contributed by atoms with Crippen molar-refractivity contribution in [1.29, 1.82) is 0 Å². The van der Waals surface area contributed by atoms with Crippen molar-refractivity contribution in [3.8, 4) is 5.75 Å². The van der Waals surface area contributed by atoms with Crippen molar-refractivity contribution < 1.29 is 29.3 Å². The number of ether oxygens (including phenoxy) is 1. The summed E-state index contributed by atoms with van der Waals surface area (Å²) >= 11 is 0. The predicted octanol–water partition coefficient (Wildman–Crippen LogP) is 5.45. The number of hydrogen-bond acceptors (Lipinski definition) is 4. The Morgan fingerprint density at radius 2 is 1.40 bits per heavy atom. The van der Waals surface area contributed by atoms with Gasteiger partial charge in [-0.05, 0) is 73.6 Å². The maximum atomic E-state index is 12.3. The number of amides is 1. The number of carboxylic acids is 2. The van der Waals surface area contributed by atoms with Crippen molar-refractivity contribution in [1.82, 2.24) is 0 Å². The Kier molecular flexibility index (Phi) is 9.42. The SMILES string of the molecule is O=C(CCc1ccc(OCCCCCc2ccccc2)cc1)Nc1ccc(C(=O)O)c(C(=O)O)c1. The van der Waals surface area contributed by atoms with Crippen LogP contribution in [0.15, 0.2) is 72.8 Å². The Bertz CT molecular complexity index is 1140. The first-order valence-corrected chi connectivity index (χ1v) is 11.6. The maximum absolute atomic E-state index is 12.3. The van der Waals surface area contributed by atoms with Crippen molar-refractivity contribution in [2.75, 3.05) is 11.9 Å². The lowest BCUT2D eigenvalue weighted by molar-refractivity contribution is -0.116. The lowest BCUT2D eigenvalue weighted by Gasteiger charge is -2.09. The summed E-state index contributed by atoms with van der Waals surface area (Å²) in [6.45, 7) is 0.662. The van der Waals surface area contributed by atoms with Crippen molar-refractivity contribution in [3.63, 3.8) is 0 Å². The minimum absolute atomic E-state index is 0.199. The van der Waals surface area contributed by atoms with Gasteiger partial charge in [-0.15, -0.1) is 0 Å². The van der Waals surface area contributed by atoms with Gasteiger partial charge < -0.3 is 20.3 Å². The van der Waals surface area contributed by atoms with Crippen LogP contribution < -0.4 is 10.1 Å². The van der Waals surface area contributed by atoms with Crippen molar-refractivity contribution in [3.05, 3.63) is 95.1 Å². The molecular formula is C28H29NO6. The molecule has 35 heavy (non-hydrogen) atoms. The zero-order valence-electron chi connectivity index (χ0n) is 19.4. The summed E-state index contributed by atoms with van der Waals surface area (Å²) < 4.78 is 5.81. The molecule has 3 aromatic rings. The molecule has 0 radical (unpaired) electrons. The molecule has 3 aromatic carbocycles. The number of aryl methyl sites for hydroxylation is 2. The number of hydrogen-bond donors (Lipinski definition) is 3. The molecule has 0 unspecified atom stereocenters. The van der Waals surface area contributed by atoms with E-state index < -0.39 is 11.9 Å². The molecule has 0 fully saturated rings. The van der Waals surface area contributed by atoms with Gasteiger partial charge in [-0.1, -0.05) is 42.5 Å². The van der Waals surface area contributed by atoms with Crippen LogP contribution in [0.25, 0.3) is 0 Å². The highest BCUT2D eigenvalue weighted by Gasteiger charge is 2.17. The highest BCUT2D eigenvalue weighted by Crippen LogP contribution is 2.18. The molecule has 0 saturated heterocycles. The molecule has 7 heteroatoms. The summed E-state index contributed by atoms with van der Waals surface area (Å²) in [5.74, 6) is -2.20. The molecule has 0 aliphatic rings. The Morgan fingerprint density at radius 1 is 0.714 bits per heavy atom. The molecular weight excluding hydrogens is 446 g/mol. The Morgan fingerprint density at radius 3 is 2.09 bits per heavy atom. The standard InChI is InChI=1S/C28H29NO6/c30-26(29-22-13-16-24(27(31)32)25(19-22)28(33)34)17-12-21-10-14-23(15-11-21)35-18-6-2-5-9-20-7-3-1-4-8-20/h1,3-4,7-8,10-11,13-16,19H,2,5-6,9,12,17-18H2,(H,29,30)(H,31,32)(H,33,34). The van der Waals surface area contributed by atoms with Gasteiger partial charge in [-0.25, -0.2) is 9.59 Å². The van der Waals surface area contributed by atoms with Gasteiger partial charge in [0.05, 0.1) is 17.7 Å². The monoisotopic (exact) mass is 475 g/mol. The molecule has 0 aliphatic carbocycles. The molecule has 0 spiro atoms. The molecule has 0 aromatic heterocycles. The molecule has 3 N–H and O–H groups in total. The van der Waals surface area contributed by atoms with E-state index in [4.69, 9.17) is 9.84 Å². The largest absolute Gasteiger partial charge is 0.494 e. The van der Waals surface area contributed by atoms with E-state index in [1.807, 2.05) is 30.3 Å². The third kappa shape index (κ3) is 8.30. The first-order chi connectivity index (χ1) is 16.9. The number of carbonyl (C=O) groups excluding carboxylic acids is 1. The Labute approximate surface area is 204 Å². The van der Waals surface area contributed by atoms with Gasteiger partial charge >= 0.3 is 11.9 Å². The van der Waals surface area contributed by atoms with Crippen LogP contribution in [0.5, 0.6) is 5.75 Å². The van der Waals surface area contributed by atoms with Crippen LogP contribution in [0.2, 0.25) is 0 Å². The van der Waals surface area contributed by atoms with Gasteiger partial charge in [-0.3, -0.25) is 4.79 Å². The maximum Gasteiger partial charge on any atom is 0.336 e. The molecule has 3 rings (SSSR count). The van der Waals surface area contributed by atoms with Crippen LogP contribution in [-0.4, -0.2) is 34.7 Å². The van der Waals surface area contributed by atoms with Gasteiger partial charge in [0.25, 0.3) is 0 Å². The summed E-state index contributed by atoms with van der Waals surface area (Å²) in [5, 5.41) is 20.9. The van der Waals surface area contributed by atoms with E-state index >= 15 is 0 Å². The number of rotatable bonds is 13. The van der Waals surface area contributed by atoms with Gasteiger partial charge in [-0.2, -0.15) is 0 Å². The second kappa shape index (κ2) is 12.9. The van der Waals surface area contributed by atoms with Crippen molar-refractivity contribution >= 4 is 23.5 Å². The fourth-order valence-corrected chi connectivity index (χ4v) is 3.66. The minimum Gasteiger partial charge on any atom is -0.494 e. The van der Waals surface area contributed by atoms with Gasteiger partial charge in [0.15, 0.2) is 0 Å². The van der Waals surface area contributed by atoms with Gasteiger partial charge in [0.1, 0.15) is 5.75 Å². The van der Waals surface area contributed by atoms with E-state index in [1.54, 1.807) is 0 Å². The van der Waals surface area contributed by atoms with Crippen LogP contribution in [0.1, 0.15) is 57.5 Å². The van der Waals surface area contributed by atoms with Gasteiger partial charge in [0.2, 0.25) is 5.91 Å². The smallest absolute Gasteiger partial charge is 0.336 e. The van der Waals surface area contributed by atoms with Crippen molar-refractivity contribution in [2.24, 2.45) is 0 Å². The molecule has 0 atom stereocenters. The quantitative estimate of drug-likeness (QED) is 0.284. The number of anilines is 1. The van der Waals surface area contributed by atoms with E-state index in [2.05, 4.69) is 29.6 Å². The van der Waals surface area contributed by atoms with Crippen LogP contribution in [0.4, 0.5) is 5.69 Å². The fourth-order valence-electron chi connectivity index (χ4n) is 3.66.